The molecule has 0 aliphatic rings. The van der Waals surface area contributed by atoms with Gasteiger partial charge in [-0.05, 0) is 55.3 Å². The van der Waals surface area contributed by atoms with Crippen LogP contribution in [-0.4, -0.2) is 18.4 Å². The normalized spacial score (nSPS) is 11.6. The lowest BCUT2D eigenvalue weighted by atomic mass is 10.1. The maximum Gasteiger partial charge on any atom is 0.261 e. The summed E-state index contributed by atoms with van der Waals surface area (Å²) in [5.41, 5.74) is 3.99. The Morgan fingerprint density at radius 2 is 1.81 bits per heavy atom. The van der Waals surface area contributed by atoms with Gasteiger partial charge in [-0.15, -0.1) is 0 Å². The van der Waals surface area contributed by atoms with Crippen molar-refractivity contribution in [2.45, 2.75) is 18.7 Å². The second-order valence-corrected chi connectivity index (χ2v) is 8.91. The van der Waals surface area contributed by atoms with Crippen molar-refractivity contribution in [2.24, 2.45) is 0 Å². The molecule has 2 aromatic heterocycles. The zero-order valence-corrected chi connectivity index (χ0v) is 16.4. The first-order valence-electron chi connectivity index (χ1n) is 8.35. The third kappa shape index (κ3) is 3.43. The van der Waals surface area contributed by atoms with Crippen LogP contribution in [0.25, 0.3) is 20.9 Å². The Hall–Kier alpha value is -2.77. The van der Waals surface area contributed by atoms with E-state index in [0.717, 1.165) is 32.0 Å². The van der Waals surface area contributed by atoms with E-state index in [9.17, 15) is 8.42 Å². The highest BCUT2D eigenvalue weighted by Crippen LogP contribution is 2.34. The average molecular weight is 396 g/mol. The molecule has 136 valence electrons. The SMILES string of the molecule is Cc1cccc(S(=O)(=O)Nc2cccc(-c3nc4cccnc4s3)c2C)c1. The van der Waals surface area contributed by atoms with Crippen LogP contribution < -0.4 is 4.72 Å². The van der Waals surface area contributed by atoms with Crippen LogP contribution in [-0.2, 0) is 10.0 Å². The molecule has 0 bridgehead atoms. The van der Waals surface area contributed by atoms with Gasteiger partial charge in [0.2, 0.25) is 0 Å². The third-order valence-corrected chi connectivity index (χ3v) is 6.65. The van der Waals surface area contributed by atoms with Gasteiger partial charge in [0.05, 0.1) is 10.6 Å². The summed E-state index contributed by atoms with van der Waals surface area (Å²) in [6, 6.07) is 16.2. The van der Waals surface area contributed by atoms with E-state index in [0.29, 0.717) is 5.69 Å². The quantitative estimate of drug-likeness (QED) is 0.540. The number of nitrogens with zero attached hydrogens (tertiary/aromatic N) is 2. The minimum absolute atomic E-state index is 0.247. The summed E-state index contributed by atoms with van der Waals surface area (Å²) in [5.74, 6) is 0. The van der Waals surface area contributed by atoms with Gasteiger partial charge in [0, 0.05) is 11.8 Å². The van der Waals surface area contributed by atoms with E-state index < -0.39 is 10.0 Å². The zero-order valence-electron chi connectivity index (χ0n) is 14.8. The number of sulfonamides is 1. The highest BCUT2D eigenvalue weighted by atomic mass is 32.2. The van der Waals surface area contributed by atoms with E-state index in [2.05, 4.69) is 14.7 Å². The molecule has 1 N–H and O–H groups in total. The summed E-state index contributed by atoms with van der Waals surface area (Å²) in [7, 11) is -3.66. The van der Waals surface area contributed by atoms with Crippen LogP contribution in [0.2, 0.25) is 0 Å². The molecular weight excluding hydrogens is 378 g/mol. The van der Waals surface area contributed by atoms with E-state index in [4.69, 9.17) is 0 Å². The number of anilines is 1. The van der Waals surface area contributed by atoms with E-state index in [1.54, 1.807) is 30.5 Å². The molecule has 0 aliphatic heterocycles. The van der Waals surface area contributed by atoms with Gasteiger partial charge in [-0.3, -0.25) is 4.72 Å². The van der Waals surface area contributed by atoms with Crippen LogP contribution >= 0.6 is 11.3 Å². The number of nitrogens with one attached hydrogen (secondary N) is 1. The van der Waals surface area contributed by atoms with Crippen molar-refractivity contribution in [2.75, 3.05) is 4.72 Å². The molecule has 0 radical (unpaired) electrons. The number of hydrogen-bond donors (Lipinski definition) is 1. The van der Waals surface area contributed by atoms with Crippen LogP contribution in [0.5, 0.6) is 0 Å². The van der Waals surface area contributed by atoms with Gasteiger partial charge in [-0.2, -0.15) is 0 Å². The van der Waals surface area contributed by atoms with Crippen molar-refractivity contribution >= 4 is 37.4 Å². The lowest BCUT2D eigenvalue weighted by molar-refractivity contribution is 0.601. The lowest BCUT2D eigenvalue weighted by Gasteiger charge is -2.13. The Morgan fingerprint density at radius 3 is 2.59 bits per heavy atom. The molecular formula is C20H17N3O2S2. The Morgan fingerprint density at radius 1 is 1.00 bits per heavy atom. The average Bonchev–Trinajstić information content (AvgIpc) is 3.07. The van der Waals surface area contributed by atoms with Crippen molar-refractivity contribution < 1.29 is 8.42 Å². The van der Waals surface area contributed by atoms with Gasteiger partial charge in [0.15, 0.2) is 0 Å². The van der Waals surface area contributed by atoms with Gasteiger partial charge in [-0.1, -0.05) is 35.6 Å². The topological polar surface area (TPSA) is 72.0 Å². The molecule has 27 heavy (non-hydrogen) atoms. The third-order valence-electron chi connectivity index (χ3n) is 4.27. The lowest BCUT2D eigenvalue weighted by Crippen LogP contribution is -2.14. The van der Waals surface area contributed by atoms with Crippen LogP contribution in [0.15, 0.2) is 65.7 Å². The first-order valence-corrected chi connectivity index (χ1v) is 10.6. The molecule has 2 heterocycles. The van der Waals surface area contributed by atoms with Gasteiger partial charge < -0.3 is 0 Å². The van der Waals surface area contributed by atoms with Crippen molar-refractivity contribution in [1.82, 2.24) is 9.97 Å². The van der Waals surface area contributed by atoms with Gasteiger partial charge in [0.1, 0.15) is 15.4 Å². The Kier molecular flexibility index (Phi) is 4.41. The fourth-order valence-electron chi connectivity index (χ4n) is 2.85. The van der Waals surface area contributed by atoms with E-state index in [1.807, 2.05) is 44.2 Å². The van der Waals surface area contributed by atoms with Gasteiger partial charge >= 0.3 is 0 Å². The number of thiazole rings is 1. The molecule has 0 fully saturated rings. The molecule has 0 spiro atoms. The van der Waals surface area contributed by atoms with Crippen molar-refractivity contribution in [3.63, 3.8) is 0 Å². The summed E-state index contributed by atoms with van der Waals surface area (Å²) >= 11 is 1.49. The standard InChI is InChI=1S/C20H17N3O2S2/c1-13-6-3-7-15(12-13)27(24,25)23-17-9-4-8-16(14(17)2)19-22-18-10-5-11-21-20(18)26-19/h3-12,23H,1-2H3. The molecule has 2 aromatic carbocycles. The van der Waals surface area contributed by atoms with Crippen LogP contribution in [0.4, 0.5) is 5.69 Å². The molecule has 0 atom stereocenters. The minimum Gasteiger partial charge on any atom is -0.279 e. The minimum atomic E-state index is -3.66. The first kappa shape index (κ1) is 17.6. The summed E-state index contributed by atoms with van der Waals surface area (Å²) in [4.78, 5) is 10.1. The second kappa shape index (κ2) is 6.75. The fraction of sp³-hybridized carbons (Fsp3) is 0.100. The predicted octanol–water partition coefficient (Wildman–Crippen LogP) is 4.78. The number of benzene rings is 2. The summed E-state index contributed by atoms with van der Waals surface area (Å²) < 4.78 is 28.2. The fourth-order valence-corrected chi connectivity index (χ4v) is 5.07. The van der Waals surface area contributed by atoms with Gasteiger partial charge in [-0.25, -0.2) is 18.4 Å². The number of rotatable bonds is 4. The molecule has 0 saturated carbocycles. The Labute approximate surface area is 161 Å². The second-order valence-electron chi connectivity index (χ2n) is 6.25. The molecule has 4 aromatic rings. The maximum atomic E-state index is 12.8. The van der Waals surface area contributed by atoms with Crippen LogP contribution in [0, 0.1) is 13.8 Å². The smallest absolute Gasteiger partial charge is 0.261 e. The molecule has 0 aliphatic carbocycles. The summed E-state index contributed by atoms with van der Waals surface area (Å²) in [6.07, 6.45) is 1.74. The van der Waals surface area contributed by atoms with Crippen LogP contribution in [0.1, 0.15) is 11.1 Å². The molecule has 0 saturated heterocycles. The van der Waals surface area contributed by atoms with Crippen molar-refractivity contribution in [3.8, 4) is 10.6 Å². The highest BCUT2D eigenvalue weighted by Gasteiger charge is 2.17. The summed E-state index contributed by atoms with van der Waals surface area (Å²) in [5, 5.41) is 0.817. The monoisotopic (exact) mass is 395 g/mol. The molecule has 0 amide bonds. The molecule has 5 nitrogen and oxygen atoms in total. The summed E-state index contributed by atoms with van der Waals surface area (Å²) in [6.45, 7) is 3.76. The molecule has 0 unspecified atom stereocenters. The predicted molar refractivity (Wildman–Crippen MR) is 110 cm³/mol. The first-order chi connectivity index (χ1) is 12.9. The van der Waals surface area contributed by atoms with Crippen molar-refractivity contribution in [1.29, 1.82) is 0 Å². The number of aryl methyl sites for hydroxylation is 1. The number of fused-ring (bicyclic) bond motifs is 1. The van der Waals surface area contributed by atoms with Crippen LogP contribution in [0.3, 0.4) is 0 Å². The largest absolute Gasteiger partial charge is 0.279 e. The van der Waals surface area contributed by atoms with E-state index in [-0.39, 0.29) is 4.90 Å². The van der Waals surface area contributed by atoms with Gasteiger partial charge in [0.25, 0.3) is 10.0 Å². The maximum absolute atomic E-state index is 12.8. The number of hydrogen-bond acceptors (Lipinski definition) is 5. The van der Waals surface area contributed by atoms with E-state index >= 15 is 0 Å². The number of aromatic nitrogens is 2. The number of pyridine rings is 1. The molecule has 7 heteroatoms. The zero-order chi connectivity index (χ0) is 19.0. The van der Waals surface area contributed by atoms with E-state index in [1.165, 1.54) is 11.3 Å². The Balaban J connectivity index is 1.74. The molecule has 4 rings (SSSR count). The van der Waals surface area contributed by atoms with Crippen molar-refractivity contribution in [3.05, 3.63) is 71.9 Å². The highest BCUT2D eigenvalue weighted by molar-refractivity contribution is 7.92. The Bertz CT molecular complexity index is 1210.